The smallest absolute Gasteiger partial charge is 0.175 e. The second-order valence-electron chi connectivity index (χ2n) is 1.03. The molecule has 1 aliphatic heterocycles. The molecule has 0 radical (unpaired) electrons. The van der Waals surface area contributed by atoms with Crippen molar-refractivity contribution in [2.45, 2.75) is 0 Å². The highest BCUT2D eigenvalue weighted by Crippen LogP contribution is 1.48. The summed E-state index contributed by atoms with van der Waals surface area (Å²) in [6.07, 6.45) is 1.41. The van der Waals surface area contributed by atoms with Crippen molar-refractivity contribution in [3.63, 3.8) is 0 Å². The maximum atomic E-state index is 9.98. The lowest BCUT2D eigenvalue weighted by Gasteiger charge is -2.04. The fourth-order valence-corrected chi connectivity index (χ4v) is 0.296. The summed E-state index contributed by atoms with van der Waals surface area (Å²) >= 11 is 0. The topological polar surface area (TPSA) is 51.9 Å². The van der Waals surface area contributed by atoms with Gasteiger partial charge >= 0.3 is 0 Å². The van der Waals surface area contributed by atoms with Crippen LogP contribution in [0.2, 0.25) is 0 Å². The standard InChI is InChI=1S/C2H5N3O/c6-5-2-3-1-4-5/h1,5H,2H2,(H,3,4). The lowest BCUT2D eigenvalue weighted by atomic mass is 11.1. The normalized spacial score (nSPS) is 30.5. The van der Waals surface area contributed by atoms with Crippen LogP contribution in [0.15, 0.2) is 5.10 Å². The first-order chi connectivity index (χ1) is 2.89. The molecule has 4 heteroatoms. The molecule has 0 aliphatic carbocycles. The number of nitrogens with one attached hydrogen (secondary N) is 2. The molecule has 34 valence electrons. The quantitative estimate of drug-likeness (QED) is 0.332. The predicted molar refractivity (Wildman–Crippen MR) is 20.8 cm³/mol. The fraction of sp³-hybridized carbons (Fsp3) is 0.500. The van der Waals surface area contributed by atoms with Crippen molar-refractivity contribution in [3.8, 4) is 0 Å². The van der Waals surface area contributed by atoms with E-state index in [1.54, 1.807) is 0 Å². The Bertz CT molecular complexity index is 71.2. The van der Waals surface area contributed by atoms with Crippen LogP contribution in [0, 0.1) is 5.21 Å². The van der Waals surface area contributed by atoms with Crippen LogP contribution >= 0.6 is 0 Å². The average Bonchev–Trinajstić information content (AvgIpc) is 1.86. The van der Waals surface area contributed by atoms with Crippen LogP contribution in [0.3, 0.4) is 0 Å². The van der Waals surface area contributed by atoms with E-state index in [0.717, 1.165) is 0 Å². The summed E-state index contributed by atoms with van der Waals surface area (Å²) < 4.78 is 0. The van der Waals surface area contributed by atoms with Crippen molar-refractivity contribution in [1.29, 1.82) is 0 Å². The molecule has 0 spiro atoms. The molecule has 0 bridgehead atoms. The van der Waals surface area contributed by atoms with Gasteiger partial charge in [-0.05, 0) is 0 Å². The first-order valence-corrected chi connectivity index (χ1v) is 1.68. The molecule has 0 aromatic heterocycles. The molecule has 4 nitrogen and oxygen atoms in total. The molecule has 1 unspecified atom stereocenters. The number of hydrogen-bond acceptors (Lipinski definition) is 3. The van der Waals surface area contributed by atoms with Gasteiger partial charge in [-0.1, -0.05) is 5.10 Å². The Hall–Kier alpha value is -0.610. The predicted octanol–water partition coefficient (Wildman–Crippen LogP) is -2.13. The molecule has 0 fully saturated rings. The van der Waals surface area contributed by atoms with Crippen LogP contribution in [0.5, 0.6) is 0 Å². The van der Waals surface area contributed by atoms with E-state index in [1.165, 1.54) is 6.34 Å². The van der Waals surface area contributed by atoms with Crippen molar-refractivity contribution in [2.24, 2.45) is 5.10 Å². The number of rotatable bonds is 0. The summed E-state index contributed by atoms with van der Waals surface area (Å²) in [4.78, 5) is 0. The zero-order valence-electron chi connectivity index (χ0n) is 3.14. The number of hydrogen-bond donors (Lipinski definition) is 2. The minimum atomic E-state index is -0.0880. The van der Waals surface area contributed by atoms with Crippen LogP contribution in [0.25, 0.3) is 0 Å². The van der Waals surface area contributed by atoms with E-state index in [2.05, 4.69) is 10.4 Å². The Balaban J connectivity index is 2.38. The van der Waals surface area contributed by atoms with Gasteiger partial charge in [-0.3, -0.25) is 0 Å². The summed E-state index contributed by atoms with van der Waals surface area (Å²) in [5, 5.41) is 15.9. The Morgan fingerprint density at radius 3 is 3.00 bits per heavy atom. The summed E-state index contributed by atoms with van der Waals surface area (Å²) in [6, 6.07) is 0. The van der Waals surface area contributed by atoms with Crippen molar-refractivity contribution >= 4 is 6.34 Å². The molecule has 2 N–H and O–H groups in total. The van der Waals surface area contributed by atoms with Gasteiger partial charge < -0.3 is 10.5 Å². The highest BCUT2D eigenvalue weighted by Gasteiger charge is 1.94. The minimum absolute atomic E-state index is 0.0880. The fourth-order valence-electron chi connectivity index (χ4n) is 0.296. The highest BCUT2D eigenvalue weighted by molar-refractivity contribution is 5.53. The van der Waals surface area contributed by atoms with Crippen molar-refractivity contribution < 1.29 is 5.17 Å². The van der Waals surface area contributed by atoms with Crippen LogP contribution < -0.4 is 10.5 Å². The van der Waals surface area contributed by atoms with Gasteiger partial charge in [0.15, 0.2) is 6.67 Å². The third kappa shape index (κ3) is 0.474. The molecule has 1 heterocycles. The highest BCUT2D eigenvalue weighted by atomic mass is 16.5. The Morgan fingerprint density at radius 1 is 2.00 bits per heavy atom. The van der Waals surface area contributed by atoms with E-state index in [9.17, 15) is 5.21 Å². The summed E-state index contributed by atoms with van der Waals surface area (Å²) in [5.74, 6) is 0. The third-order valence-corrected chi connectivity index (χ3v) is 0.553. The largest absolute Gasteiger partial charge is 0.605 e. The molecule has 0 saturated heterocycles. The summed E-state index contributed by atoms with van der Waals surface area (Å²) in [6.45, 7) is 0.375. The minimum Gasteiger partial charge on any atom is -0.605 e. The Labute approximate surface area is 35.0 Å². The maximum absolute atomic E-state index is 9.98. The van der Waals surface area contributed by atoms with Crippen molar-refractivity contribution in [3.05, 3.63) is 5.21 Å². The molecule has 1 atom stereocenters. The molecule has 6 heavy (non-hydrogen) atoms. The number of quaternary nitrogens is 1. The molecule has 0 aromatic carbocycles. The lowest BCUT2D eigenvalue weighted by Crippen LogP contribution is -3.01. The van der Waals surface area contributed by atoms with Crippen LogP contribution in [-0.2, 0) is 0 Å². The third-order valence-electron chi connectivity index (χ3n) is 0.553. The van der Waals surface area contributed by atoms with Gasteiger partial charge in [-0.15, -0.1) is 0 Å². The van der Waals surface area contributed by atoms with E-state index in [4.69, 9.17) is 0 Å². The second kappa shape index (κ2) is 1.24. The first-order valence-electron chi connectivity index (χ1n) is 1.68. The molecule has 0 amide bonds. The zero-order chi connectivity index (χ0) is 4.41. The van der Waals surface area contributed by atoms with Crippen molar-refractivity contribution in [2.75, 3.05) is 6.67 Å². The molecule has 0 saturated carbocycles. The van der Waals surface area contributed by atoms with Gasteiger partial charge in [0, 0.05) is 0 Å². The number of nitrogens with zero attached hydrogens (tertiary/aromatic N) is 1. The zero-order valence-corrected chi connectivity index (χ0v) is 3.14. The van der Waals surface area contributed by atoms with E-state index in [0.29, 0.717) is 6.67 Å². The lowest BCUT2D eigenvalue weighted by molar-refractivity contribution is -0.850. The molecular weight excluding hydrogens is 82.0 g/mol. The van der Waals surface area contributed by atoms with Gasteiger partial charge in [0.25, 0.3) is 0 Å². The van der Waals surface area contributed by atoms with Crippen LogP contribution in [0.1, 0.15) is 0 Å². The Kier molecular flexibility index (Phi) is 0.736. The van der Waals surface area contributed by atoms with E-state index in [1.807, 2.05) is 0 Å². The van der Waals surface area contributed by atoms with Gasteiger partial charge in [-0.25, -0.2) is 5.17 Å². The van der Waals surface area contributed by atoms with E-state index in [-0.39, 0.29) is 5.17 Å². The van der Waals surface area contributed by atoms with Gasteiger partial charge in [0.1, 0.15) is 6.34 Å². The molecule has 1 rings (SSSR count). The van der Waals surface area contributed by atoms with E-state index >= 15 is 0 Å². The number of hydroxylamine groups is 1. The summed E-state index contributed by atoms with van der Waals surface area (Å²) in [5.41, 5.74) is 0. The maximum Gasteiger partial charge on any atom is 0.175 e. The first kappa shape index (κ1) is 3.58. The monoisotopic (exact) mass is 87.0 g/mol. The van der Waals surface area contributed by atoms with Gasteiger partial charge in [0.2, 0.25) is 0 Å². The summed E-state index contributed by atoms with van der Waals surface area (Å²) in [7, 11) is 0. The van der Waals surface area contributed by atoms with Gasteiger partial charge in [-0.2, -0.15) is 0 Å². The molecule has 0 aromatic rings. The SMILES string of the molecule is [O-][NH+]1CNC=N1. The van der Waals surface area contributed by atoms with Crippen LogP contribution in [0.4, 0.5) is 0 Å². The van der Waals surface area contributed by atoms with Crippen molar-refractivity contribution in [1.82, 2.24) is 5.32 Å². The van der Waals surface area contributed by atoms with Gasteiger partial charge in [0.05, 0.1) is 0 Å². The van der Waals surface area contributed by atoms with Crippen LogP contribution in [-0.4, -0.2) is 13.0 Å². The molecular formula is C2H5N3O. The molecule has 1 aliphatic rings. The van der Waals surface area contributed by atoms with E-state index < -0.39 is 0 Å². The second-order valence-corrected chi connectivity index (χ2v) is 1.03. The average molecular weight is 87.1 g/mol. The Morgan fingerprint density at radius 2 is 2.83 bits per heavy atom.